The number of carbonyl (C=O) groups excluding carboxylic acids is 1. The molecule has 0 aliphatic rings. The van der Waals surface area contributed by atoms with Crippen LogP contribution in [-0.2, 0) is 6.42 Å². The number of benzene rings is 2. The van der Waals surface area contributed by atoms with E-state index in [9.17, 15) is 4.79 Å². The Labute approximate surface area is 127 Å². The topological polar surface area (TPSA) is 26.3 Å². The second-order valence-electron chi connectivity index (χ2n) is 4.67. The number of halogens is 1. The first kappa shape index (κ1) is 14.8. The van der Waals surface area contributed by atoms with Crippen LogP contribution >= 0.6 is 15.9 Å². The van der Waals surface area contributed by atoms with Crippen LogP contribution in [0.25, 0.3) is 11.1 Å². The number of rotatable bonds is 4. The Morgan fingerprint density at radius 2 is 2.00 bits per heavy atom. The molecule has 20 heavy (non-hydrogen) atoms. The van der Waals surface area contributed by atoms with Crippen LogP contribution in [0.5, 0.6) is 5.75 Å². The lowest BCUT2D eigenvalue weighted by Gasteiger charge is -2.16. The molecule has 0 aromatic heterocycles. The molecule has 0 saturated carbocycles. The van der Waals surface area contributed by atoms with E-state index in [0.29, 0.717) is 5.56 Å². The van der Waals surface area contributed by atoms with Gasteiger partial charge in [-0.05, 0) is 52.0 Å². The minimum atomic E-state index is 0.682. The van der Waals surface area contributed by atoms with Gasteiger partial charge in [0.1, 0.15) is 5.75 Å². The van der Waals surface area contributed by atoms with E-state index in [1.165, 1.54) is 5.56 Å². The number of aryl methyl sites for hydroxylation is 2. The van der Waals surface area contributed by atoms with Gasteiger partial charge in [0.05, 0.1) is 11.6 Å². The second kappa shape index (κ2) is 6.23. The summed E-state index contributed by atoms with van der Waals surface area (Å²) in [5.74, 6) is 0.765. The van der Waals surface area contributed by atoms with E-state index in [1.807, 2.05) is 31.2 Å². The first-order valence-electron chi connectivity index (χ1n) is 6.54. The summed E-state index contributed by atoms with van der Waals surface area (Å²) < 4.78 is 6.41. The zero-order valence-corrected chi connectivity index (χ0v) is 13.5. The van der Waals surface area contributed by atoms with Crippen LogP contribution in [0.3, 0.4) is 0 Å². The third-order valence-electron chi connectivity index (χ3n) is 3.44. The van der Waals surface area contributed by atoms with Crippen LogP contribution in [0.15, 0.2) is 34.8 Å². The number of hydrogen-bond donors (Lipinski definition) is 0. The maximum atomic E-state index is 11.3. The van der Waals surface area contributed by atoms with Gasteiger partial charge in [0.15, 0.2) is 6.29 Å². The molecule has 0 amide bonds. The lowest BCUT2D eigenvalue weighted by atomic mass is 9.93. The highest BCUT2D eigenvalue weighted by Gasteiger charge is 2.16. The predicted octanol–water partition coefficient (Wildman–Crippen LogP) is 4.81. The Bertz CT molecular complexity index is 648. The van der Waals surface area contributed by atoms with Crippen LogP contribution in [-0.4, -0.2) is 13.4 Å². The van der Waals surface area contributed by atoms with E-state index in [2.05, 4.69) is 28.9 Å². The zero-order valence-electron chi connectivity index (χ0n) is 11.9. The van der Waals surface area contributed by atoms with Gasteiger partial charge in [-0.3, -0.25) is 4.79 Å². The molecule has 0 aliphatic carbocycles. The Morgan fingerprint density at radius 1 is 1.25 bits per heavy atom. The van der Waals surface area contributed by atoms with Gasteiger partial charge in [-0.25, -0.2) is 0 Å². The summed E-state index contributed by atoms with van der Waals surface area (Å²) >= 11 is 3.51. The second-order valence-corrected chi connectivity index (χ2v) is 5.52. The monoisotopic (exact) mass is 332 g/mol. The Balaban J connectivity index is 2.79. The summed E-state index contributed by atoms with van der Waals surface area (Å²) in [5, 5.41) is 0. The fourth-order valence-corrected chi connectivity index (χ4v) is 2.82. The number of hydrogen-bond acceptors (Lipinski definition) is 2. The van der Waals surface area contributed by atoms with Gasteiger partial charge in [0.2, 0.25) is 0 Å². The van der Waals surface area contributed by atoms with Gasteiger partial charge in [0.25, 0.3) is 0 Å². The highest BCUT2D eigenvalue weighted by molar-refractivity contribution is 9.10. The molecule has 0 saturated heterocycles. The number of aldehydes is 1. The third kappa shape index (κ3) is 2.63. The molecule has 2 aromatic carbocycles. The van der Waals surface area contributed by atoms with Crippen molar-refractivity contribution in [2.24, 2.45) is 0 Å². The van der Waals surface area contributed by atoms with Crippen molar-refractivity contribution in [2.45, 2.75) is 20.3 Å². The van der Waals surface area contributed by atoms with Crippen molar-refractivity contribution in [3.63, 3.8) is 0 Å². The fraction of sp³-hybridized carbons (Fsp3) is 0.235. The van der Waals surface area contributed by atoms with E-state index in [-0.39, 0.29) is 0 Å². The molecule has 0 unspecified atom stereocenters. The maximum absolute atomic E-state index is 11.3. The Morgan fingerprint density at radius 3 is 2.60 bits per heavy atom. The molecule has 0 aliphatic heterocycles. The molecule has 3 heteroatoms. The summed E-state index contributed by atoms with van der Waals surface area (Å²) in [6.07, 6.45) is 1.83. The van der Waals surface area contributed by atoms with Crippen molar-refractivity contribution in [3.05, 3.63) is 51.5 Å². The number of methoxy groups -OCH3 is 1. The van der Waals surface area contributed by atoms with Crippen LogP contribution < -0.4 is 4.74 Å². The largest absolute Gasteiger partial charge is 0.495 e. The van der Waals surface area contributed by atoms with Gasteiger partial charge >= 0.3 is 0 Å². The smallest absolute Gasteiger partial charge is 0.150 e. The van der Waals surface area contributed by atoms with E-state index in [1.54, 1.807) is 7.11 Å². The standard InChI is InChI=1S/C17H17BrO2/c1-4-12-6-7-13(10-19)14(9-12)16-11(2)5-8-15(18)17(16)20-3/h5-10H,4H2,1-3H3. The minimum absolute atomic E-state index is 0.682. The predicted molar refractivity (Wildman–Crippen MR) is 85.6 cm³/mol. The lowest BCUT2D eigenvalue weighted by molar-refractivity contribution is 0.112. The maximum Gasteiger partial charge on any atom is 0.150 e. The van der Waals surface area contributed by atoms with Gasteiger partial charge < -0.3 is 4.74 Å². The third-order valence-corrected chi connectivity index (χ3v) is 4.07. The molecule has 0 atom stereocenters. The van der Waals surface area contributed by atoms with Crippen molar-refractivity contribution < 1.29 is 9.53 Å². The highest BCUT2D eigenvalue weighted by atomic mass is 79.9. The molecule has 0 N–H and O–H groups in total. The van der Waals surface area contributed by atoms with Gasteiger partial charge in [-0.1, -0.05) is 31.2 Å². The van der Waals surface area contributed by atoms with Gasteiger partial charge in [-0.15, -0.1) is 0 Å². The first-order valence-corrected chi connectivity index (χ1v) is 7.33. The summed E-state index contributed by atoms with van der Waals surface area (Å²) in [5.41, 5.74) is 4.87. The minimum Gasteiger partial charge on any atom is -0.495 e. The van der Waals surface area contributed by atoms with Crippen LogP contribution in [0.4, 0.5) is 0 Å². The van der Waals surface area contributed by atoms with Crippen LogP contribution in [0.1, 0.15) is 28.4 Å². The summed E-state index contributed by atoms with van der Waals surface area (Å²) in [4.78, 5) is 11.3. The van der Waals surface area contributed by atoms with E-state index < -0.39 is 0 Å². The molecule has 2 aromatic rings. The van der Waals surface area contributed by atoms with E-state index >= 15 is 0 Å². The Hall–Kier alpha value is -1.61. The normalized spacial score (nSPS) is 10.4. The van der Waals surface area contributed by atoms with E-state index in [0.717, 1.165) is 39.6 Å². The highest BCUT2D eigenvalue weighted by Crippen LogP contribution is 2.40. The molecule has 0 radical (unpaired) electrons. The van der Waals surface area contributed by atoms with Crippen LogP contribution in [0, 0.1) is 6.92 Å². The zero-order chi connectivity index (χ0) is 14.7. The molecule has 0 heterocycles. The molecular weight excluding hydrogens is 316 g/mol. The SMILES string of the molecule is CCc1ccc(C=O)c(-c2c(C)ccc(Br)c2OC)c1. The molecule has 2 rings (SSSR count). The van der Waals surface area contributed by atoms with Crippen molar-refractivity contribution in [2.75, 3.05) is 7.11 Å². The van der Waals surface area contributed by atoms with Gasteiger partial charge in [-0.2, -0.15) is 0 Å². The average molecular weight is 333 g/mol. The van der Waals surface area contributed by atoms with Crippen LogP contribution in [0.2, 0.25) is 0 Å². The van der Waals surface area contributed by atoms with Crippen molar-refractivity contribution >= 4 is 22.2 Å². The quantitative estimate of drug-likeness (QED) is 0.751. The number of carbonyl (C=O) groups is 1. The summed E-state index contributed by atoms with van der Waals surface area (Å²) in [6.45, 7) is 4.13. The molecule has 0 bridgehead atoms. The van der Waals surface area contributed by atoms with Crippen molar-refractivity contribution in [1.29, 1.82) is 0 Å². The molecule has 2 nitrogen and oxygen atoms in total. The van der Waals surface area contributed by atoms with Gasteiger partial charge in [0, 0.05) is 11.1 Å². The lowest BCUT2D eigenvalue weighted by Crippen LogP contribution is -1.97. The number of ether oxygens (including phenoxy) is 1. The molecule has 104 valence electrons. The average Bonchev–Trinajstić information content (AvgIpc) is 2.48. The fourth-order valence-electron chi connectivity index (χ4n) is 2.33. The summed E-state index contributed by atoms with van der Waals surface area (Å²) in [6, 6.07) is 9.92. The molecule has 0 spiro atoms. The van der Waals surface area contributed by atoms with Crippen molar-refractivity contribution in [3.8, 4) is 16.9 Å². The summed E-state index contributed by atoms with van der Waals surface area (Å²) in [7, 11) is 1.65. The van der Waals surface area contributed by atoms with E-state index in [4.69, 9.17) is 4.74 Å². The van der Waals surface area contributed by atoms with Crippen molar-refractivity contribution in [1.82, 2.24) is 0 Å². The first-order chi connectivity index (χ1) is 9.62. The molecule has 0 fully saturated rings. The molecular formula is C17H17BrO2. The Kier molecular flexibility index (Phi) is 4.61.